The lowest BCUT2D eigenvalue weighted by atomic mass is 10.1. The maximum absolute atomic E-state index is 11.4. The predicted molar refractivity (Wildman–Crippen MR) is 77.6 cm³/mol. The standard InChI is InChI=1S/C16H30O2/c1-3-5-7-9-10-12-14-16(17)18-15-13-11-8-6-4-2/h4,6H,3,5,7-15H2,1-2H3. The van der Waals surface area contributed by atoms with Crippen molar-refractivity contribution in [2.24, 2.45) is 0 Å². The van der Waals surface area contributed by atoms with E-state index in [4.69, 9.17) is 4.74 Å². The molecule has 0 heterocycles. The van der Waals surface area contributed by atoms with E-state index < -0.39 is 0 Å². The summed E-state index contributed by atoms with van der Waals surface area (Å²) < 4.78 is 5.19. The molecule has 0 aromatic heterocycles. The van der Waals surface area contributed by atoms with Crippen molar-refractivity contribution in [2.75, 3.05) is 6.61 Å². The molecule has 0 spiro atoms. The Kier molecular flexibility index (Phi) is 13.6. The molecule has 0 unspecified atom stereocenters. The van der Waals surface area contributed by atoms with Crippen LogP contribution >= 0.6 is 0 Å². The normalized spacial score (nSPS) is 11.0. The molecular weight excluding hydrogens is 224 g/mol. The molecular formula is C16H30O2. The van der Waals surface area contributed by atoms with E-state index >= 15 is 0 Å². The Labute approximate surface area is 113 Å². The van der Waals surface area contributed by atoms with Gasteiger partial charge in [0.1, 0.15) is 0 Å². The Morgan fingerprint density at radius 3 is 2.44 bits per heavy atom. The molecule has 0 aliphatic rings. The van der Waals surface area contributed by atoms with Crippen molar-refractivity contribution in [3.05, 3.63) is 12.2 Å². The number of allylic oxidation sites excluding steroid dienone is 2. The number of carbonyl (C=O) groups excluding carboxylic acids is 1. The zero-order valence-corrected chi connectivity index (χ0v) is 12.2. The van der Waals surface area contributed by atoms with Crippen LogP contribution in [0.3, 0.4) is 0 Å². The highest BCUT2D eigenvalue weighted by Gasteiger charge is 2.01. The van der Waals surface area contributed by atoms with Crippen molar-refractivity contribution >= 4 is 5.97 Å². The van der Waals surface area contributed by atoms with Gasteiger partial charge in [0, 0.05) is 6.42 Å². The molecule has 0 aliphatic carbocycles. The van der Waals surface area contributed by atoms with Gasteiger partial charge in [0.25, 0.3) is 0 Å². The van der Waals surface area contributed by atoms with Gasteiger partial charge in [0.05, 0.1) is 6.61 Å². The maximum Gasteiger partial charge on any atom is 0.305 e. The fourth-order valence-corrected chi connectivity index (χ4v) is 1.84. The lowest BCUT2D eigenvalue weighted by Gasteiger charge is -2.04. The molecule has 0 aliphatic heterocycles. The number of hydrogen-bond acceptors (Lipinski definition) is 2. The highest BCUT2D eigenvalue weighted by atomic mass is 16.5. The first kappa shape index (κ1) is 17.2. The molecule has 0 aromatic carbocycles. The maximum atomic E-state index is 11.4. The number of unbranched alkanes of at least 4 members (excludes halogenated alkanes) is 7. The van der Waals surface area contributed by atoms with E-state index in [1.807, 2.05) is 6.92 Å². The SMILES string of the molecule is CC=CCCCCOC(=O)CCCCCCCC. The van der Waals surface area contributed by atoms with Gasteiger partial charge in [0.2, 0.25) is 0 Å². The van der Waals surface area contributed by atoms with Crippen LogP contribution in [-0.4, -0.2) is 12.6 Å². The summed E-state index contributed by atoms with van der Waals surface area (Å²) >= 11 is 0. The minimum Gasteiger partial charge on any atom is -0.466 e. The van der Waals surface area contributed by atoms with E-state index in [1.54, 1.807) is 0 Å². The van der Waals surface area contributed by atoms with Crippen LogP contribution in [0.2, 0.25) is 0 Å². The molecule has 0 amide bonds. The van der Waals surface area contributed by atoms with Gasteiger partial charge < -0.3 is 4.74 Å². The fourth-order valence-electron chi connectivity index (χ4n) is 1.84. The first-order valence-electron chi connectivity index (χ1n) is 7.58. The second-order valence-electron chi connectivity index (χ2n) is 4.80. The molecule has 18 heavy (non-hydrogen) atoms. The number of carbonyl (C=O) groups is 1. The van der Waals surface area contributed by atoms with Gasteiger partial charge in [-0.3, -0.25) is 4.79 Å². The van der Waals surface area contributed by atoms with Crippen LogP contribution < -0.4 is 0 Å². The van der Waals surface area contributed by atoms with Gasteiger partial charge >= 0.3 is 5.97 Å². The first-order chi connectivity index (χ1) is 8.81. The summed E-state index contributed by atoms with van der Waals surface area (Å²) in [5.74, 6) is -0.0171. The van der Waals surface area contributed by atoms with Gasteiger partial charge in [0.15, 0.2) is 0 Å². The molecule has 0 rings (SSSR count). The minimum absolute atomic E-state index is 0.0171. The third-order valence-electron chi connectivity index (χ3n) is 3.00. The zero-order valence-electron chi connectivity index (χ0n) is 12.2. The van der Waals surface area contributed by atoms with E-state index in [0.29, 0.717) is 13.0 Å². The van der Waals surface area contributed by atoms with Crippen molar-refractivity contribution in [2.45, 2.75) is 78.1 Å². The molecule has 2 nitrogen and oxygen atoms in total. The van der Waals surface area contributed by atoms with Crippen LogP contribution in [0.15, 0.2) is 12.2 Å². The Morgan fingerprint density at radius 2 is 1.72 bits per heavy atom. The van der Waals surface area contributed by atoms with Gasteiger partial charge in [-0.05, 0) is 32.6 Å². The Hall–Kier alpha value is -0.790. The number of hydrogen-bond donors (Lipinski definition) is 0. The summed E-state index contributed by atoms with van der Waals surface area (Å²) in [6.07, 6.45) is 15.3. The third-order valence-corrected chi connectivity index (χ3v) is 3.00. The third kappa shape index (κ3) is 13.3. The van der Waals surface area contributed by atoms with Crippen LogP contribution in [0, 0.1) is 0 Å². The smallest absolute Gasteiger partial charge is 0.305 e. The average molecular weight is 254 g/mol. The average Bonchev–Trinajstić information content (AvgIpc) is 2.38. The minimum atomic E-state index is -0.0171. The Bertz CT molecular complexity index is 209. The predicted octanol–water partition coefficient (Wildman–Crippen LogP) is 5.03. The topological polar surface area (TPSA) is 26.3 Å². The number of ether oxygens (including phenoxy) is 1. The van der Waals surface area contributed by atoms with Crippen LogP contribution in [0.25, 0.3) is 0 Å². The van der Waals surface area contributed by atoms with Crippen molar-refractivity contribution in [1.82, 2.24) is 0 Å². The van der Waals surface area contributed by atoms with Crippen LogP contribution in [0.5, 0.6) is 0 Å². The number of rotatable bonds is 12. The molecule has 0 bridgehead atoms. The molecule has 0 fully saturated rings. The van der Waals surface area contributed by atoms with Gasteiger partial charge in [-0.2, -0.15) is 0 Å². The van der Waals surface area contributed by atoms with Crippen molar-refractivity contribution in [1.29, 1.82) is 0 Å². The largest absolute Gasteiger partial charge is 0.466 e. The quantitative estimate of drug-likeness (QED) is 0.277. The first-order valence-corrected chi connectivity index (χ1v) is 7.58. The monoisotopic (exact) mass is 254 g/mol. The van der Waals surface area contributed by atoms with E-state index in [0.717, 1.165) is 32.1 Å². The molecule has 0 atom stereocenters. The highest BCUT2D eigenvalue weighted by molar-refractivity contribution is 5.69. The lowest BCUT2D eigenvalue weighted by Crippen LogP contribution is -2.05. The molecule has 0 saturated heterocycles. The van der Waals surface area contributed by atoms with E-state index in [1.165, 1.54) is 25.7 Å². The van der Waals surface area contributed by atoms with Gasteiger partial charge in [-0.25, -0.2) is 0 Å². The van der Waals surface area contributed by atoms with Crippen molar-refractivity contribution in [3.63, 3.8) is 0 Å². The Balaban J connectivity index is 3.17. The summed E-state index contributed by atoms with van der Waals surface area (Å²) in [5, 5.41) is 0. The highest BCUT2D eigenvalue weighted by Crippen LogP contribution is 2.07. The van der Waals surface area contributed by atoms with E-state index in [-0.39, 0.29) is 5.97 Å². The molecule has 0 saturated carbocycles. The van der Waals surface area contributed by atoms with Crippen molar-refractivity contribution in [3.8, 4) is 0 Å². The second kappa shape index (κ2) is 14.3. The zero-order chi connectivity index (χ0) is 13.5. The molecule has 0 radical (unpaired) electrons. The lowest BCUT2D eigenvalue weighted by molar-refractivity contribution is -0.143. The summed E-state index contributed by atoms with van der Waals surface area (Å²) in [6.45, 7) is 4.83. The summed E-state index contributed by atoms with van der Waals surface area (Å²) in [6, 6.07) is 0. The molecule has 0 N–H and O–H groups in total. The Morgan fingerprint density at radius 1 is 1.00 bits per heavy atom. The summed E-state index contributed by atoms with van der Waals surface area (Å²) in [4.78, 5) is 11.4. The second-order valence-corrected chi connectivity index (χ2v) is 4.80. The molecule has 2 heteroatoms. The summed E-state index contributed by atoms with van der Waals surface area (Å²) in [5.41, 5.74) is 0. The van der Waals surface area contributed by atoms with Crippen LogP contribution in [-0.2, 0) is 9.53 Å². The van der Waals surface area contributed by atoms with Crippen LogP contribution in [0.1, 0.15) is 78.1 Å². The van der Waals surface area contributed by atoms with E-state index in [9.17, 15) is 4.79 Å². The van der Waals surface area contributed by atoms with Crippen LogP contribution in [0.4, 0.5) is 0 Å². The molecule has 106 valence electrons. The van der Waals surface area contributed by atoms with Crippen molar-refractivity contribution < 1.29 is 9.53 Å². The van der Waals surface area contributed by atoms with Gasteiger partial charge in [-0.1, -0.05) is 51.2 Å². The fraction of sp³-hybridized carbons (Fsp3) is 0.812. The molecule has 0 aromatic rings. The number of esters is 1. The van der Waals surface area contributed by atoms with E-state index in [2.05, 4.69) is 19.1 Å². The van der Waals surface area contributed by atoms with Gasteiger partial charge in [-0.15, -0.1) is 0 Å². The summed E-state index contributed by atoms with van der Waals surface area (Å²) in [7, 11) is 0.